The first-order chi connectivity index (χ1) is 18.2. The number of fused-ring (bicyclic) bond motifs is 1. The lowest BCUT2D eigenvalue weighted by molar-refractivity contribution is -0.123. The lowest BCUT2D eigenvalue weighted by Crippen LogP contribution is -2.48. The first kappa shape index (κ1) is 26.4. The fourth-order valence-electron chi connectivity index (χ4n) is 5.89. The number of aryl methyl sites for hydroxylation is 5. The maximum Gasteiger partial charge on any atom is 0.248 e. The zero-order valence-corrected chi connectivity index (χ0v) is 23.3. The second kappa shape index (κ2) is 10.5. The minimum atomic E-state index is -3.91. The van der Waals surface area contributed by atoms with Crippen molar-refractivity contribution in [3.05, 3.63) is 75.7 Å². The van der Waals surface area contributed by atoms with E-state index in [-0.39, 0.29) is 29.0 Å². The number of nitrogens with zero attached hydrogens (tertiary/aromatic N) is 3. The highest BCUT2D eigenvalue weighted by Crippen LogP contribution is 2.33. The summed E-state index contributed by atoms with van der Waals surface area (Å²) in [4.78, 5) is 15.5. The van der Waals surface area contributed by atoms with Crippen LogP contribution in [0.3, 0.4) is 0 Å². The molecule has 1 unspecified atom stereocenters. The largest absolute Gasteiger partial charge is 0.355 e. The molecule has 7 nitrogen and oxygen atoms in total. The van der Waals surface area contributed by atoms with Crippen molar-refractivity contribution in [2.45, 2.75) is 58.3 Å². The molecule has 0 radical (unpaired) electrons. The molecule has 0 aliphatic carbocycles. The molecule has 1 atom stereocenters. The van der Waals surface area contributed by atoms with Gasteiger partial charge in [0.2, 0.25) is 15.9 Å². The summed E-state index contributed by atoms with van der Waals surface area (Å²) >= 11 is 0. The van der Waals surface area contributed by atoms with Gasteiger partial charge in [0.15, 0.2) is 10.7 Å². The Balaban J connectivity index is 1.40. The molecule has 1 saturated heterocycles. The van der Waals surface area contributed by atoms with Crippen LogP contribution in [0.15, 0.2) is 45.8 Å². The molecule has 2 aliphatic heterocycles. The Labute approximate surface area is 225 Å². The quantitative estimate of drug-likeness (QED) is 0.435. The molecular weight excluding hydrogens is 498 g/mol. The van der Waals surface area contributed by atoms with E-state index < -0.39 is 10.0 Å². The molecule has 0 bridgehead atoms. The number of anilines is 1. The zero-order valence-electron chi connectivity index (χ0n) is 22.5. The zero-order chi connectivity index (χ0) is 27.0. The maximum atomic E-state index is 13.9. The number of para-hydroxylation sites is 1. The average molecular weight is 534 g/mol. The Kier molecular flexibility index (Phi) is 7.29. The Morgan fingerprint density at radius 1 is 1.03 bits per heavy atom. The van der Waals surface area contributed by atoms with Crippen LogP contribution in [-0.2, 0) is 21.2 Å². The minimum absolute atomic E-state index is 0.00420. The molecule has 3 aromatic rings. The summed E-state index contributed by atoms with van der Waals surface area (Å²) < 4.78 is 34.7. The summed E-state index contributed by atoms with van der Waals surface area (Å²) in [7, 11) is -3.91. The molecule has 0 N–H and O–H groups in total. The van der Waals surface area contributed by atoms with Crippen molar-refractivity contribution in [1.29, 1.82) is 0 Å². The third-order valence-corrected chi connectivity index (χ3v) is 9.70. The summed E-state index contributed by atoms with van der Waals surface area (Å²) in [6.45, 7) is 8.96. The van der Waals surface area contributed by atoms with E-state index in [0.29, 0.717) is 31.6 Å². The van der Waals surface area contributed by atoms with E-state index in [9.17, 15) is 13.2 Å². The van der Waals surface area contributed by atoms with Gasteiger partial charge in [0.25, 0.3) is 0 Å². The standard InChI is InChI=1S/C30H35N3O4S/c1-20-17-21(2)26(22(3)18-20)13-14-28-29(23(4)31-37-28)38(35,36)32-15-7-11-25(19-32)30(34)33-16-8-10-24-9-5-6-12-27(24)33/h5-6,9,12-14,17-18,25H,7-8,10-11,15-16,19H2,1-4H3. The second-order valence-corrected chi connectivity index (χ2v) is 12.4. The van der Waals surface area contributed by atoms with Crippen LogP contribution in [0.1, 0.15) is 58.5 Å². The van der Waals surface area contributed by atoms with Gasteiger partial charge in [-0.3, -0.25) is 4.79 Å². The average Bonchev–Trinajstić information content (AvgIpc) is 3.28. The summed E-state index contributed by atoms with van der Waals surface area (Å²) in [6.07, 6.45) is 6.74. The molecule has 0 spiro atoms. The molecule has 8 heteroatoms. The van der Waals surface area contributed by atoms with E-state index in [1.54, 1.807) is 13.0 Å². The van der Waals surface area contributed by atoms with Crippen molar-refractivity contribution in [2.75, 3.05) is 24.5 Å². The van der Waals surface area contributed by atoms with Crippen LogP contribution in [0.4, 0.5) is 5.69 Å². The van der Waals surface area contributed by atoms with Crippen molar-refractivity contribution in [3.63, 3.8) is 0 Å². The third kappa shape index (κ3) is 4.95. The predicted molar refractivity (Wildman–Crippen MR) is 149 cm³/mol. The number of benzene rings is 2. The number of aromatic nitrogens is 1. The van der Waals surface area contributed by atoms with Crippen LogP contribution >= 0.6 is 0 Å². The van der Waals surface area contributed by atoms with Gasteiger partial charge in [-0.05, 0) is 87.8 Å². The monoisotopic (exact) mass is 533 g/mol. The fourth-order valence-corrected chi connectivity index (χ4v) is 7.66. The van der Waals surface area contributed by atoms with E-state index in [1.807, 2.05) is 43.0 Å². The predicted octanol–water partition coefficient (Wildman–Crippen LogP) is 5.46. The molecule has 200 valence electrons. The number of rotatable bonds is 5. The molecule has 5 rings (SSSR count). The molecule has 38 heavy (non-hydrogen) atoms. The Bertz CT molecular complexity index is 1480. The van der Waals surface area contributed by atoms with Crippen molar-refractivity contribution in [3.8, 4) is 0 Å². The molecule has 1 amide bonds. The highest BCUT2D eigenvalue weighted by atomic mass is 32.2. The van der Waals surface area contributed by atoms with E-state index in [2.05, 4.69) is 30.3 Å². The van der Waals surface area contributed by atoms with E-state index in [1.165, 1.54) is 15.4 Å². The topological polar surface area (TPSA) is 83.7 Å². The van der Waals surface area contributed by atoms with Gasteiger partial charge >= 0.3 is 0 Å². The molecule has 2 aromatic carbocycles. The first-order valence-electron chi connectivity index (χ1n) is 13.3. The van der Waals surface area contributed by atoms with Crippen LogP contribution in [0, 0.1) is 33.6 Å². The lowest BCUT2D eigenvalue weighted by atomic mass is 9.95. The Morgan fingerprint density at radius 2 is 1.76 bits per heavy atom. The van der Waals surface area contributed by atoms with Gasteiger partial charge in [-0.15, -0.1) is 0 Å². The lowest BCUT2D eigenvalue weighted by Gasteiger charge is -2.36. The SMILES string of the molecule is Cc1cc(C)c(C=Cc2onc(C)c2S(=O)(=O)N2CCCC(C(=O)N3CCCc4ccccc43)C2)c(C)c1. The summed E-state index contributed by atoms with van der Waals surface area (Å²) in [5.74, 6) is -0.175. The Morgan fingerprint density at radius 3 is 2.53 bits per heavy atom. The number of amides is 1. The van der Waals surface area contributed by atoms with Crippen LogP contribution in [0.25, 0.3) is 12.2 Å². The number of hydrogen-bond acceptors (Lipinski definition) is 5. The van der Waals surface area contributed by atoms with E-state index in [0.717, 1.165) is 35.2 Å². The smallest absolute Gasteiger partial charge is 0.248 e. The van der Waals surface area contributed by atoms with Crippen molar-refractivity contribution >= 4 is 33.8 Å². The minimum Gasteiger partial charge on any atom is -0.355 e. The molecule has 1 aromatic heterocycles. The number of carbonyl (C=O) groups is 1. The Hall–Kier alpha value is -3.23. The molecular formula is C30H35N3O4S. The summed E-state index contributed by atoms with van der Waals surface area (Å²) in [5, 5.41) is 3.99. The van der Waals surface area contributed by atoms with Crippen molar-refractivity contribution < 1.29 is 17.7 Å². The summed E-state index contributed by atoms with van der Waals surface area (Å²) in [6, 6.07) is 12.2. The van der Waals surface area contributed by atoms with E-state index in [4.69, 9.17) is 4.52 Å². The second-order valence-electron chi connectivity index (χ2n) is 10.5. The molecule has 0 saturated carbocycles. The van der Waals surface area contributed by atoms with E-state index >= 15 is 0 Å². The van der Waals surface area contributed by atoms with Gasteiger partial charge in [-0.2, -0.15) is 4.31 Å². The van der Waals surface area contributed by atoms with Crippen LogP contribution < -0.4 is 4.90 Å². The molecule has 3 heterocycles. The highest BCUT2D eigenvalue weighted by molar-refractivity contribution is 7.89. The third-order valence-electron chi connectivity index (χ3n) is 7.68. The van der Waals surface area contributed by atoms with Crippen LogP contribution in [0.2, 0.25) is 0 Å². The van der Waals surface area contributed by atoms with Crippen LogP contribution in [-0.4, -0.2) is 43.4 Å². The number of carbonyl (C=O) groups excluding carboxylic acids is 1. The van der Waals surface area contributed by atoms with Gasteiger partial charge in [0, 0.05) is 25.3 Å². The van der Waals surface area contributed by atoms with Crippen molar-refractivity contribution in [2.24, 2.45) is 5.92 Å². The first-order valence-corrected chi connectivity index (χ1v) is 14.7. The normalized spacial score (nSPS) is 18.6. The molecule has 2 aliphatic rings. The number of hydrogen-bond donors (Lipinski definition) is 0. The van der Waals surface area contributed by atoms with Gasteiger partial charge in [-0.25, -0.2) is 8.42 Å². The van der Waals surface area contributed by atoms with Gasteiger partial charge in [0.05, 0.1) is 5.92 Å². The van der Waals surface area contributed by atoms with Gasteiger partial charge in [0.1, 0.15) is 5.69 Å². The summed E-state index contributed by atoms with van der Waals surface area (Å²) in [5.41, 5.74) is 6.86. The number of piperidine rings is 1. The highest BCUT2D eigenvalue weighted by Gasteiger charge is 2.38. The van der Waals surface area contributed by atoms with Gasteiger partial charge < -0.3 is 9.42 Å². The van der Waals surface area contributed by atoms with Crippen molar-refractivity contribution in [1.82, 2.24) is 9.46 Å². The van der Waals surface area contributed by atoms with Gasteiger partial charge in [-0.1, -0.05) is 47.1 Å². The fraction of sp³-hybridized carbons (Fsp3) is 0.400. The molecule has 1 fully saturated rings. The number of sulfonamides is 1. The maximum absolute atomic E-state index is 13.9. The van der Waals surface area contributed by atoms with Crippen LogP contribution in [0.5, 0.6) is 0 Å².